The fourth-order valence-electron chi connectivity index (χ4n) is 2.68. The Morgan fingerprint density at radius 2 is 2.07 bits per heavy atom. The van der Waals surface area contributed by atoms with Crippen LogP contribution in [0.15, 0.2) is 55.2 Å². The van der Waals surface area contributed by atoms with E-state index in [9.17, 15) is 9.59 Å². The number of rotatable bonds is 7. The van der Waals surface area contributed by atoms with Crippen LogP contribution in [-0.2, 0) is 11.2 Å². The molecule has 2 aromatic carbocycles. The third-order valence-corrected chi connectivity index (χ3v) is 5.09. The molecule has 0 radical (unpaired) electrons. The number of nitrogens with zero attached hydrogens (tertiary/aromatic N) is 3. The summed E-state index contributed by atoms with van der Waals surface area (Å²) < 4.78 is 7.89. The average molecular weight is 523 g/mol. The minimum Gasteiger partial charge on any atom is -0.481 e. The van der Waals surface area contributed by atoms with Gasteiger partial charge >= 0.3 is 5.97 Å². The number of benzene rings is 2. The minimum atomic E-state index is -1.05. The van der Waals surface area contributed by atoms with Crippen LogP contribution in [0.5, 0.6) is 5.75 Å². The van der Waals surface area contributed by atoms with Crippen molar-refractivity contribution < 1.29 is 14.6 Å². The van der Waals surface area contributed by atoms with Gasteiger partial charge in [-0.2, -0.15) is 9.78 Å². The molecule has 1 N–H and O–H groups in total. The SMILES string of the molecule is CCCc1nc2ccc(Br)cc2c(=O)n1N=Cc1ccc(OCC(=O)O)c(Br)c1. The molecule has 150 valence electrons. The predicted molar refractivity (Wildman–Crippen MR) is 118 cm³/mol. The number of fused-ring (bicyclic) bond motifs is 1. The van der Waals surface area contributed by atoms with E-state index in [2.05, 4.69) is 41.9 Å². The molecule has 0 amide bonds. The zero-order chi connectivity index (χ0) is 21.0. The predicted octanol–water partition coefficient (Wildman–Crippen LogP) is 4.22. The maximum atomic E-state index is 13.0. The molecule has 1 heterocycles. The second kappa shape index (κ2) is 9.32. The van der Waals surface area contributed by atoms with Gasteiger partial charge in [-0.1, -0.05) is 22.9 Å². The average Bonchev–Trinajstić information content (AvgIpc) is 2.68. The highest BCUT2D eigenvalue weighted by molar-refractivity contribution is 9.10. The molecular formula is C20H17Br2N3O4. The van der Waals surface area contributed by atoms with Gasteiger partial charge in [0.05, 0.1) is 21.6 Å². The number of aliphatic carboxylic acids is 1. The van der Waals surface area contributed by atoms with Gasteiger partial charge in [0.15, 0.2) is 6.61 Å². The van der Waals surface area contributed by atoms with Gasteiger partial charge in [0, 0.05) is 10.9 Å². The summed E-state index contributed by atoms with van der Waals surface area (Å²) in [4.78, 5) is 28.2. The summed E-state index contributed by atoms with van der Waals surface area (Å²) >= 11 is 6.74. The Bertz CT molecular complexity index is 1160. The molecule has 1 aromatic heterocycles. The Kier molecular flexibility index (Phi) is 6.81. The molecule has 0 saturated carbocycles. The van der Waals surface area contributed by atoms with E-state index in [1.54, 1.807) is 36.5 Å². The van der Waals surface area contributed by atoms with E-state index in [4.69, 9.17) is 9.84 Å². The van der Waals surface area contributed by atoms with Crippen molar-refractivity contribution in [3.63, 3.8) is 0 Å². The lowest BCUT2D eigenvalue weighted by molar-refractivity contribution is -0.139. The van der Waals surface area contributed by atoms with Crippen molar-refractivity contribution in [2.75, 3.05) is 6.61 Å². The quantitative estimate of drug-likeness (QED) is 0.469. The number of hydrogen-bond donors (Lipinski definition) is 1. The largest absolute Gasteiger partial charge is 0.481 e. The molecule has 0 aliphatic carbocycles. The fourth-order valence-corrected chi connectivity index (χ4v) is 3.55. The molecule has 3 rings (SSSR count). The van der Waals surface area contributed by atoms with Gasteiger partial charge in [-0.25, -0.2) is 9.78 Å². The number of carboxylic acid groups (broad SMARTS) is 1. The Labute approximate surface area is 183 Å². The standard InChI is InChI=1S/C20H17Br2N3O4/c1-2-3-18-24-16-6-5-13(21)9-14(16)20(28)25(18)23-10-12-4-7-17(15(22)8-12)29-11-19(26)27/h4-10H,2-3,11H2,1H3,(H,26,27). The molecule has 0 bridgehead atoms. The van der Waals surface area contributed by atoms with Gasteiger partial charge in [0.1, 0.15) is 11.6 Å². The van der Waals surface area contributed by atoms with Gasteiger partial charge in [-0.3, -0.25) is 4.79 Å². The Morgan fingerprint density at radius 3 is 2.76 bits per heavy atom. The molecule has 0 atom stereocenters. The first-order chi connectivity index (χ1) is 13.9. The summed E-state index contributed by atoms with van der Waals surface area (Å²) in [5.41, 5.74) is 1.11. The van der Waals surface area contributed by atoms with Crippen LogP contribution in [0.1, 0.15) is 24.7 Å². The van der Waals surface area contributed by atoms with E-state index in [-0.39, 0.29) is 5.56 Å². The van der Waals surface area contributed by atoms with Crippen molar-refractivity contribution in [3.8, 4) is 5.75 Å². The second-order valence-electron chi connectivity index (χ2n) is 6.17. The van der Waals surface area contributed by atoms with Crippen LogP contribution in [0, 0.1) is 0 Å². The van der Waals surface area contributed by atoms with Gasteiger partial charge < -0.3 is 9.84 Å². The summed E-state index contributed by atoms with van der Waals surface area (Å²) in [7, 11) is 0. The van der Waals surface area contributed by atoms with Gasteiger partial charge in [0.2, 0.25) is 0 Å². The molecular weight excluding hydrogens is 506 g/mol. The summed E-state index contributed by atoms with van der Waals surface area (Å²) in [5, 5.41) is 13.6. The van der Waals surface area contributed by atoms with Crippen LogP contribution in [0.2, 0.25) is 0 Å². The lowest BCUT2D eigenvalue weighted by Gasteiger charge is -2.09. The van der Waals surface area contributed by atoms with Crippen molar-refractivity contribution in [2.24, 2.45) is 5.10 Å². The van der Waals surface area contributed by atoms with Crippen LogP contribution >= 0.6 is 31.9 Å². The monoisotopic (exact) mass is 521 g/mol. The van der Waals surface area contributed by atoms with Crippen molar-refractivity contribution in [1.29, 1.82) is 0 Å². The van der Waals surface area contributed by atoms with Crippen molar-refractivity contribution in [2.45, 2.75) is 19.8 Å². The molecule has 3 aromatic rings. The fraction of sp³-hybridized carbons (Fsp3) is 0.200. The van der Waals surface area contributed by atoms with Crippen LogP contribution in [-0.4, -0.2) is 33.6 Å². The summed E-state index contributed by atoms with van der Waals surface area (Å²) in [6, 6.07) is 10.5. The molecule has 0 saturated heterocycles. The Morgan fingerprint density at radius 1 is 1.28 bits per heavy atom. The number of hydrogen-bond acceptors (Lipinski definition) is 5. The van der Waals surface area contributed by atoms with Crippen molar-refractivity contribution in [1.82, 2.24) is 9.66 Å². The first-order valence-corrected chi connectivity index (χ1v) is 10.4. The zero-order valence-corrected chi connectivity index (χ0v) is 18.6. The topological polar surface area (TPSA) is 93.8 Å². The smallest absolute Gasteiger partial charge is 0.341 e. The highest BCUT2D eigenvalue weighted by Crippen LogP contribution is 2.25. The van der Waals surface area contributed by atoms with Crippen LogP contribution in [0.25, 0.3) is 10.9 Å². The Balaban J connectivity index is 1.98. The second-order valence-corrected chi connectivity index (χ2v) is 7.94. The molecule has 0 aliphatic heterocycles. The van der Waals surface area contributed by atoms with E-state index in [1.807, 2.05) is 13.0 Å². The van der Waals surface area contributed by atoms with E-state index in [1.165, 1.54) is 4.68 Å². The number of ether oxygens (including phenoxy) is 1. The highest BCUT2D eigenvalue weighted by Gasteiger charge is 2.11. The van der Waals surface area contributed by atoms with Gasteiger partial charge in [-0.15, -0.1) is 0 Å². The summed E-state index contributed by atoms with van der Waals surface area (Å²) in [6.45, 7) is 1.58. The van der Waals surface area contributed by atoms with E-state index in [0.29, 0.717) is 38.9 Å². The molecule has 0 unspecified atom stereocenters. The third kappa shape index (κ3) is 5.10. The number of carbonyl (C=O) groups is 1. The van der Waals surface area contributed by atoms with E-state index < -0.39 is 12.6 Å². The van der Waals surface area contributed by atoms with Crippen molar-refractivity contribution >= 4 is 54.9 Å². The lowest BCUT2D eigenvalue weighted by Crippen LogP contribution is -2.22. The molecule has 0 fully saturated rings. The van der Waals surface area contributed by atoms with Gasteiger partial charge in [0.25, 0.3) is 5.56 Å². The highest BCUT2D eigenvalue weighted by atomic mass is 79.9. The molecule has 7 nitrogen and oxygen atoms in total. The maximum absolute atomic E-state index is 13.0. The normalized spacial score (nSPS) is 11.3. The van der Waals surface area contributed by atoms with Crippen LogP contribution < -0.4 is 10.3 Å². The first kappa shape index (κ1) is 21.2. The van der Waals surface area contributed by atoms with Crippen LogP contribution in [0.4, 0.5) is 0 Å². The summed E-state index contributed by atoms with van der Waals surface area (Å²) in [5.74, 6) is -0.0598. The van der Waals surface area contributed by atoms with E-state index >= 15 is 0 Å². The molecule has 0 spiro atoms. The van der Waals surface area contributed by atoms with E-state index in [0.717, 1.165) is 10.9 Å². The maximum Gasteiger partial charge on any atom is 0.341 e. The molecule has 9 heteroatoms. The summed E-state index contributed by atoms with van der Waals surface area (Å²) in [6.07, 6.45) is 2.99. The minimum absolute atomic E-state index is 0.239. The van der Waals surface area contributed by atoms with Crippen LogP contribution in [0.3, 0.4) is 0 Å². The number of halogens is 2. The first-order valence-electron chi connectivity index (χ1n) is 8.78. The number of aryl methyl sites for hydroxylation is 1. The molecule has 0 aliphatic rings. The Hall–Kier alpha value is -2.52. The zero-order valence-electron chi connectivity index (χ0n) is 15.4. The lowest BCUT2D eigenvalue weighted by atomic mass is 10.2. The van der Waals surface area contributed by atoms with Gasteiger partial charge in [-0.05, 0) is 64.3 Å². The van der Waals surface area contributed by atoms with Crippen molar-refractivity contribution in [3.05, 3.63) is 67.1 Å². The molecule has 29 heavy (non-hydrogen) atoms. The number of carboxylic acids is 1. The third-order valence-electron chi connectivity index (χ3n) is 3.98. The number of aromatic nitrogens is 2.